The van der Waals surface area contributed by atoms with Crippen LogP contribution in [0.1, 0.15) is 45.4 Å². The Morgan fingerprint density at radius 2 is 1.89 bits per heavy atom. The van der Waals surface area contributed by atoms with Crippen LogP contribution in [0.25, 0.3) is 0 Å². The molecule has 0 amide bonds. The summed E-state index contributed by atoms with van der Waals surface area (Å²) in [5.41, 5.74) is 0. The number of hydrogen-bond acceptors (Lipinski definition) is 2. The van der Waals surface area contributed by atoms with Gasteiger partial charge in [-0.2, -0.15) is 17.0 Å². The van der Waals surface area contributed by atoms with Crippen molar-refractivity contribution in [1.82, 2.24) is 8.61 Å². The molecule has 2 fully saturated rings. The van der Waals surface area contributed by atoms with Gasteiger partial charge >= 0.3 is 0 Å². The highest BCUT2D eigenvalue weighted by atomic mass is 35.5. The van der Waals surface area contributed by atoms with Crippen molar-refractivity contribution in [3.63, 3.8) is 0 Å². The molecule has 2 rings (SSSR count). The second-order valence-electron chi connectivity index (χ2n) is 5.84. The third-order valence-corrected chi connectivity index (χ3v) is 6.87. The molecule has 2 heterocycles. The zero-order chi connectivity index (χ0) is 13.9. The van der Waals surface area contributed by atoms with E-state index in [4.69, 9.17) is 11.6 Å². The molecule has 0 radical (unpaired) electrons. The van der Waals surface area contributed by atoms with E-state index >= 15 is 0 Å². The van der Waals surface area contributed by atoms with E-state index in [9.17, 15) is 8.42 Å². The third-order valence-electron chi connectivity index (χ3n) is 4.31. The Bertz CT molecular complexity index is 388. The van der Waals surface area contributed by atoms with Crippen molar-refractivity contribution in [2.45, 2.75) is 51.5 Å². The molecule has 0 aliphatic carbocycles. The van der Waals surface area contributed by atoms with Crippen molar-refractivity contribution < 1.29 is 8.42 Å². The van der Waals surface area contributed by atoms with Crippen LogP contribution in [0.4, 0.5) is 0 Å². The smallest absolute Gasteiger partial charge is 0.195 e. The molecular formula is C13H25ClN2O2S. The summed E-state index contributed by atoms with van der Waals surface area (Å²) in [6.07, 6.45) is 6.21. The average Bonchev–Trinajstić information content (AvgIpc) is 2.64. The molecule has 6 heteroatoms. The van der Waals surface area contributed by atoms with E-state index in [-0.39, 0.29) is 6.04 Å². The molecule has 112 valence electrons. The van der Waals surface area contributed by atoms with E-state index in [1.165, 1.54) is 0 Å². The Balaban J connectivity index is 2.11. The molecule has 0 spiro atoms. The first kappa shape index (κ1) is 15.5. The van der Waals surface area contributed by atoms with Crippen LogP contribution in [0.2, 0.25) is 0 Å². The molecule has 19 heavy (non-hydrogen) atoms. The maximum atomic E-state index is 12.8. The second kappa shape index (κ2) is 6.74. The summed E-state index contributed by atoms with van der Waals surface area (Å²) in [6.45, 7) is 3.95. The van der Waals surface area contributed by atoms with Crippen LogP contribution in [0.3, 0.4) is 0 Å². The highest BCUT2D eigenvalue weighted by Crippen LogP contribution is 2.26. The van der Waals surface area contributed by atoms with E-state index in [0.717, 1.165) is 38.5 Å². The van der Waals surface area contributed by atoms with E-state index in [2.05, 4.69) is 0 Å². The first-order chi connectivity index (χ1) is 9.05. The fourth-order valence-corrected chi connectivity index (χ4v) is 5.33. The van der Waals surface area contributed by atoms with Crippen LogP contribution < -0.4 is 0 Å². The van der Waals surface area contributed by atoms with Gasteiger partial charge in [0.1, 0.15) is 0 Å². The summed E-state index contributed by atoms with van der Waals surface area (Å²) < 4.78 is 28.9. The summed E-state index contributed by atoms with van der Waals surface area (Å²) in [7, 11) is -3.29. The summed E-state index contributed by atoms with van der Waals surface area (Å²) >= 11 is 5.90. The van der Waals surface area contributed by atoms with Crippen LogP contribution in [0, 0.1) is 5.92 Å². The minimum absolute atomic E-state index is 0.129. The molecule has 0 saturated carbocycles. The minimum atomic E-state index is -3.29. The molecule has 0 aromatic rings. The van der Waals surface area contributed by atoms with Crippen molar-refractivity contribution in [2.24, 2.45) is 5.92 Å². The van der Waals surface area contributed by atoms with Crippen molar-refractivity contribution in [1.29, 1.82) is 0 Å². The Hall–Kier alpha value is 0.160. The lowest BCUT2D eigenvalue weighted by atomic mass is 10.0. The van der Waals surface area contributed by atoms with Crippen molar-refractivity contribution in [2.75, 3.05) is 25.5 Å². The molecule has 2 atom stereocenters. The number of halogens is 1. The van der Waals surface area contributed by atoms with Gasteiger partial charge in [0.15, 0.2) is 0 Å². The fraction of sp³-hybridized carbons (Fsp3) is 1.00. The van der Waals surface area contributed by atoms with Crippen LogP contribution in [0.5, 0.6) is 0 Å². The predicted octanol–water partition coefficient (Wildman–Crippen LogP) is 2.45. The molecule has 2 unspecified atom stereocenters. The molecule has 0 aromatic carbocycles. The van der Waals surface area contributed by atoms with E-state index in [0.29, 0.717) is 31.4 Å². The lowest BCUT2D eigenvalue weighted by Crippen LogP contribution is -2.50. The molecule has 0 aromatic heterocycles. The van der Waals surface area contributed by atoms with Crippen molar-refractivity contribution in [3.05, 3.63) is 0 Å². The highest BCUT2D eigenvalue weighted by molar-refractivity contribution is 7.86. The Morgan fingerprint density at radius 1 is 1.11 bits per heavy atom. The lowest BCUT2D eigenvalue weighted by molar-refractivity contribution is 0.245. The lowest BCUT2D eigenvalue weighted by Gasteiger charge is -2.36. The summed E-state index contributed by atoms with van der Waals surface area (Å²) in [5.74, 6) is 0.870. The number of alkyl halides is 1. The molecule has 2 aliphatic rings. The van der Waals surface area contributed by atoms with Gasteiger partial charge in [-0.3, -0.25) is 0 Å². The van der Waals surface area contributed by atoms with Crippen LogP contribution in [-0.2, 0) is 10.2 Å². The predicted molar refractivity (Wildman–Crippen MR) is 78.6 cm³/mol. The van der Waals surface area contributed by atoms with E-state index in [1.54, 1.807) is 8.61 Å². The maximum Gasteiger partial charge on any atom is 0.282 e. The molecule has 0 N–H and O–H groups in total. The van der Waals surface area contributed by atoms with Gasteiger partial charge in [0.2, 0.25) is 0 Å². The van der Waals surface area contributed by atoms with Gasteiger partial charge in [-0.25, -0.2) is 0 Å². The molecule has 2 saturated heterocycles. The van der Waals surface area contributed by atoms with Gasteiger partial charge in [0, 0.05) is 31.6 Å². The zero-order valence-corrected chi connectivity index (χ0v) is 13.3. The fourth-order valence-electron chi connectivity index (χ4n) is 3.10. The highest BCUT2D eigenvalue weighted by Gasteiger charge is 2.36. The SMILES string of the molecule is CC1CCCCCN1S(=O)(=O)N1CCCC(CCl)C1. The first-order valence-corrected chi connectivity index (χ1v) is 9.31. The Kier molecular flexibility index (Phi) is 5.52. The monoisotopic (exact) mass is 308 g/mol. The van der Waals surface area contributed by atoms with E-state index < -0.39 is 10.2 Å². The Labute approximate surface area is 122 Å². The van der Waals surface area contributed by atoms with E-state index in [1.807, 2.05) is 6.92 Å². The third kappa shape index (κ3) is 3.63. The Morgan fingerprint density at radius 3 is 2.63 bits per heavy atom. The number of rotatable bonds is 3. The zero-order valence-electron chi connectivity index (χ0n) is 11.7. The van der Waals surface area contributed by atoms with Gasteiger partial charge in [-0.05, 0) is 38.5 Å². The standard InChI is InChI=1S/C13H25ClN2O2S/c1-12-6-3-2-4-9-16(12)19(17,18)15-8-5-7-13(10-14)11-15/h12-13H,2-11H2,1H3. The minimum Gasteiger partial charge on any atom is -0.195 e. The van der Waals surface area contributed by atoms with Crippen LogP contribution in [0.15, 0.2) is 0 Å². The quantitative estimate of drug-likeness (QED) is 0.751. The average molecular weight is 309 g/mol. The largest absolute Gasteiger partial charge is 0.282 e. The normalized spacial score (nSPS) is 32.1. The van der Waals surface area contributed by atoms with Gasteiger partial charge in [-0.15, -0.1) is 11.6 Å². The summed E-state index contributed by atoms with van der Waals surface area (Å²) in [5, 5.41) is 0. The van der Waals surface area contributed by atoms with Gasteiger partial charge in [0.25, 0.3) is 10.2 Å². The molecule has 0 bridgehead atoms. The molecule has 2 aliphatic heterocycles. The van der Waals surface area contributed by atoms with Crippen molar-refractivity contribution >= 4 is 21.8 Å². The van der Waals surface area contributed by atoms with Gasteiger partial charge in [0.05, 0.1) is 0 Å². The summed E-state index contributed by atoms with van der Waals surface area (Å²) in [4.78, 5) is 0. The van der Waals surface area contributed by atoms with Crippen molar-refractivity contribution in [3.8, 4) is 0 Å². The van der Waals surface area contributed by atoms with Crippen LogP contribution >= 0.6 is 11.6 Å². The maximum absolute atomic E-state index is 12.8. The topological polar surface area (TPSA) is 40.6 Å². The number of nitrogens with zero attached hydrogens (tertiary/aromatic N) is 2. The van der Waals surface area contributed by atoms with Crippen LogP contribution in [-0.4, -0.2) is 48.6 Å². The second-order valence-corrected chi connectivity index (χ2v) is 8.03. The van der Waals surface area contributed by atoms with Gasteiger partial charge < -0.3 is 0 Å². The molecule has 4 nitrogen and oxygen atoms in total. The number of piperidine rings is 1. The number of hydrogen-bond donors (Lipinski definition) is 0. The summed E-state index contributed by atoms with van der Waals surface area (Å²) in [6, 6.07) is 0.129. The first-order valence-electron chi connectivity index (χ1n) is 7.38. The van der Waals surface area contributed by atoms with Gasteiger partial charge in [-0.1, -0.05) is 12.8 Å². The molecular weight excluding hydrogens is 284 g/mol.